The van der Waals surface area contributed by atoms with Crippen LogP contribution in [0.2, 0.25) is 0 Å². The molecule has 1 aliphatic carbocycles. The third-order valence-corrected chi connectivity index (χ3v) is 3.65. The van der Waals surface area contributed by atoms with E-state index in [4.69, 9.17) is 14.7 Å². The maximum absolute atomic E-state index is 11.6. The van der Waals surface area contributed by atoms with Crippen molar-refractivity contribution >= 4 is 12.0 Å². The Morgan fingerprint density at radius 1 is 1.43 bits per heavy atom. The highest BCUT2D eigenvalue weighted by Crippen LogP contribution is 2.35. The molecule has 1 amide bonds. The van der Waals surface area contributed by atoms with Crippen molar-refractivity contribution in [1.29, 1.82) is 5.26 Å². The van der Waals surface area contributed by atoms with Crippen LogP contribution in [0.3, 0.4) is 0 Å². The fraction of sp³-hybridized carbons (Fsp3) is 0.444. The van der Waals surface area contributed by atoms with Crippen LogP contribution in [0, 0.1) is 11.3 Å². The van der Waals surface area contributed by atoms with Gasteiger partial charge in [0.1, 0.15) is 6.54 Å². The maximum Gasteiger partial charge on any atom is 0.244 e. The molecule has 5 nitrogen and oxygen atoms in total. The van der Waals surface area contributed by atoms with Crippen LogP contribution in [-0.4, -0.2) is 25.2 Å². The first kappa shape index (κ1) is 16.9. The van der Waals surface area contributed by atoms with Crippen LogP contribution in [0.15, 0.2) is 24.3 Å². The number of nitrogens with one attached hydrogen (secondary N) is 1. The normalized spacial score (nSPS) is 14.6. The van der Waals surface area contributed by atoms with Crippen LogP contribution in [0.5, 0.6) is 11.5 Å². The summed E-state index contributed by atoms with van der Waals surface area (Å²) in [6.45, 7) is 2.47. The second-order valence-electron chi connectivity index (χ2n) is 5.34. The lowest BCUT2D eigenvalue weighted by molar-refractivity contribution is -0.116. The van der Waals surface area contributed by atoms with Crippen molar-refractivity contribution < 1.29 is 14.3 Å². The van der Waals surface area contributed by atoms with Gasteiger partial charge in [0, 0.05) is 11.6 Å². The number of amides is 1. The van der Waals surface area contributed by atoms with Crippen molar-refractivity contribution in [1.82, 2.24) is 5.32 Å². The lowest BCUT2D eigenvalue weighted by atomic mass is 10.1. The molecule has 1 N–H and O–H groups in total. The number of carbonyl (C=O) groups is 1. The van der Waals surface area contributed by atoms with Crippen molar-refractivity contribution in [3.8, 4) is 17.6 Å². The monoisotopic (exact) mass is 314 g/mol. The van der Waals surface area contributed by atoms with E-state index in [-0.39, 0.29) is 18.6 Å². The molecule has 122 valence electrons. The zero-order chi connectivity index (χ0) is 16.5. The molecule has 1 aromatic rings. The highest BCUT2D eigenvalue weighted by Gasteiger charge is 2.20. The number of rotatable bonds is 7. The molecule has 0 heterocycles. The van der Waals surface area contributed by atoms with Gasteiger partial charge in [-0.1, -0.05) is 12.1 Å². The third kappa shape index (κ3) is 5.03. The quantitative estimate of drug-likeness (QED) is 0.620. The van der Waals surface area contributed by atoms with Gasteiger partial charge in [0.15, 0.2) is 11.5 Å². The van der Waals surface area contributed by atoms with Crippen LogP contribution in [0.25, 0.3) is 6.08 Å². The summed E-state index contributed by atoms with van der Waals surface area (Å²) in [5.74, 6) is 1.07. The average molecular weight is 314 g/mol. The molecule has 1 aromatic carbocycles. The van der Waals surface area contributed by atoms with E-state index in [0.717, 1.165) is 18.4 Å². The molecule has 1 saturated carbocycles. The number of benzene rings is 1. The molecule has 0 saturated heterocycles. The lowest BCUT2D eigenvalue weighted by Crippen LogP contribution is -2.20. The van der Waals surface area contributed by atoms with E-state index in [0.29, 0.717) is 18.1 Å². The van der Waals surface area contributed by atoms with Crippen molar-refractivity contribution in [2.75, 3.05) is 13.2 Å². The van der Waals surface area contributed by atoms with Crippen LogP contribution in [0.1, 0.15) is 38.2 Å². The molecule has 0 spiro atoms. The minimum Gasteiger partial charge on any atom is -0.490 e. The van der Waals surface area contributed by atoms with Crippen LogP contribution >= 0.6 is 0 Å². The molecule has 2 rings (SSSR count). The fourth-order valence-electron chi connectivity index (χ4n) is 2.58. The Morgan fingerprint density at radius 3 is 2.91 bits per heavy atom. The zero-order valence-electron chi connectivity index (χ0n) is 13.4. The summed E-state index contributed by atoms with van der Waals surface area (Å²) in [7, 11) is 0. The van der Waals surface area contributed by atoms with E-state index in [2.05, 4.69) is 5.32 Å². The van der Waals surface area contributed by atoms with Gasteiger partial charge >= 0.3 is 0 Å². The average Bonchev–Trinajstić information content (AvgIpc) is 3.06. The first-order valence-corrected chi connectivity index (χ1v) is 8.00. The largest absolute Gasteiger partial charge is 0.490 e. The molecule has 1 aliphatic rings. The number of hydrogen-bond acceptors (Lipinski definition) is 4. The lowest BCUT2D eigenvalue weighted by Gasteiger charge is -2.18. The van der Waals surface area contributed by atoms with Gasteiger partial charge in [-0.15, -0.1) is 0 Å². The Balaban J connectivity index is 2.19. The molecular formula is C18H22N2O3. The number of nitrogens with zero attached hydrogens (tertiary/aromatic N) is 1. The molecular weight excluding hydrogens is 292 g/mol. The molecule has 23 heavy (non-hydrogen) atoms. The van der Waals surface area contributed by atoms with E-state index in [1.165, 1.54) is 18.9 Å². The summed E-state index contributed by atoms with van der Waals surface area (Å²) in [5, 5.41) is 10.9. The molecule has 0 unspecified atom stereocenters. The van der Waals surface area contributed by atoms with Crippen molar-refractivity contribution in [3.05, 3.63) is 29.8 Å². The summed E-state index contributed by atoms with van der Waals surface area (Å²) >= 11 is 0. The molecule has 0 aliphatic heterocycles. The Kier molecular flexibility index (Phi) is 6.49. The first-order chi connectivity index (χ1) is 11.2. The Morgan fingerprint density at radius 2 is 2.22 bits per heavy atom. The summed E-state index contributed by atoms with van der Waals surface area (Å²) < 4.78 is 11.8. The Bertz CT molecular complexity index is 599. The maximum atomic E-state index is 11.6. The summed E-state index contributed by atoms with van der Waals surface area (Å²) in [6, 6.07) is 7.51. The fourth-order valence-corrected chi connectivity index (χ4v) is 2.58. The second-order valence-corrected chi connectivity index (χ2v) is 5.34. The summed E-state index contributed by atoms with van der Waals surface area (Å²) in [6.07, 6.45) is 7.77. The van der Waals surface area contributed by atoms with Gasteiger partial charge < -0.3 is 14.8 Å². The van der Waals surface area contributed by atoms with E-state index in [1.54, 1.807) is 6.08 Å². The van der Waals surface area contributed by atoms with Crippen LogP contribution in [-0.2, 0) is 4.79 Å². The van der Waals surface area contributed by atoms with Gasteiger partial charge in [0.05, 0.1) is 18.8 Å². The molecule has 0 bridgehead atoms. The smallest absolute Gasteiger partial charge is 0.244 e. The van der Waals surface area contributed by atoms with E-state index < -0.39 is 0 Å². The van der Waals surface area contributed by atoms with Crippen molar-refractivity contribution in [2.45, 2.75) is 38.7 Å². The topological polar surface area (TPSA) is 71.3 Å². The number of ether oxygens (including phenoxy) is 2. The number of nitriles is 1. The number of hydrogen-bond donors (Lipinski definition) is 1. The van der Waals surface area contributed by atoms with E-state index in [1.807, 2.05) is 31.2 Å². The predicted molar refractivity (Wildman–Crippen MR) is 88.2 cm³/mol. The summed E-state index contributed by atoms with van der Waals surface area (Å²) in [4.78, 5) is 11.6. The molecule has 0 atom stereocenters. The van der Waals surface area contributed by atoms with Gasteiger partial charge in [-0.05, 0) is 44.7 Å². The second kappa shape index (κ2) is 8.84. The predicted octanol–water partition coefficient (Wildman–Crippen LogP) is 3.06. The molecule has 5 heteroatoms. The van der Waals surface area contributed by atoms with Gasteiger partial charge in [0.2, 0.25) is 5.91 Å². The van der Waals surface area contributed by atoms with Crippen LogP contribution in [0.4, 0.5) is 0 Å². The molecule has 1 fully saturated rings. The first-order valence-electron chi connectivity index (χ1n) is 8.00. The minimum atomic E-state index is -0.305. The van der Waals surface area contributed by atoms with Crippen LogP contribution < -0.4 is 14.8 Å². The minimum absolute atomic E-state index is 0.00636. The Hall–Kier alpha value is -2.48. The third-order valence-electron chi connectivity index (χ3n) is 3.65. The standard InChI is InChI=1S/C18H22N2O3/c1-2-22-16-9-5-6-14(10-11-17(21)20-13-12-19)18(16)23-15-7-3-4-8-15/h5-6,9-11,15H,2-4,7-8,13H2,1H3,(H,20,21). The van der Waals surface area contributed by atoms with Gasteiger partial charge in [-0.2, -0.15) is 5.26 Å². The van der Waals surface area contributed by atoms with Crippen molar-refractivity contribution in [3.63, 3.8) is 0 Å². The molecule has 0 aromatic heterocycles. The number of carbonyl (C=O) groups excluding carboxylic acids is 1. The van der Waals surface area contributed by atoms with Crippen molar-refractivity contribution in [2.24, 2.45) is 0 Å². The molecule has 0 radical (unpaired) electrons. The highest BCUT2D eigenvalue weighted by atomic mass is 16.5. The SMILES string of the molecule is CCOc1cccc(C=CC(=O)NCC#N)c1OC1CCCC1. The zero-order valence-corrected chi connectivity index (χ0v) is 13.4. The van der Waals surface area contributed by atoms with Gasteiger partial charge in [-0.25, -0.2) is 0 Å². The van der Waals surface area contributed by atoms with E-state index in [9.17, 15) is 4.79 Å². The Labute approximate surface area is 136 Å². The highest BCUT2D eigenvalue weighted by molar-refractivity contribution is 5.92. The van der Waals surface area contributed by atoms with Gasteiger partial charge in [-0.3, -0.25) is 4.79 Å². The summed E-state index contributed by atoms with van der Waals surface area (Å²) in [5.41, 5.74) is 0.801. The van der Waals surface area contributed by atoms with E-state index >= 15 is 0 Å². The van der Waals surface area contributed by atoms with Gasteiger partial charge in [0.25, 0.3) is 0 Å². The number of para-hydroxylation sites is 1.